The first-order chi connectivity index (χ1) is 9.24. The molecule has 0 spiro atoms. The van der Waals surface area contributed by atoms with Crippen LogP contribution >= 0.6 is 0 Å². The van der Waals surface area contributed by atoms with Gasteiger partial charge in [0.25, 0.3) is 0 Å². The summed E-state index contributed by atoms with van der Waals surface area (Å²) in [6.45, 7) is 0.816. The van der Waals surface area contributed by atoms with Crippen molar-refractivity contribution in [1.29, 1.82) is 0 Å². The molecule has 2 aliphatic carbocycles. The highest BCUT2D eigenvalue weighted by atomic mass is 16.5. The topological polar surface area (TPSA) is 65.7 Å². The van der Waals surface area contributed by atoms with E-state index in [4.69, 9.17) is 13.9 Å². The monoisotopic (exact) mass is 264 g/mol. The van der Waals surface area contributed by atoms with E-state index in [1.54, 1.807) is 0 Å². The second kappa shape index (κ2) is 5.07. The van der Waals surface area contributed by atoms with Gasteiger partial charge in [0.15, 0.2) is 0 Å². The van der Waals surface area contributed by atoms with Crippen molar-refractivity contribution in [2.45, 2.75) is 25.7 Å². The van der Waals surface area contributed by atoms with Gasteiger partial charge in [-0.2, -0.15) is 0 Å². The molecule has 5 nitrogen and oxygen atoms in total. The molecule has 2 fully saturated rings. The highest BCUT2D eigenvalue weighted by Crippen LogP contribution is 2.30. The maximum Gasteiger partial charge on any atom is 0.375 e. The standard InChI is InChI=1S/C14H16O5/c15-13(18-7-9-1-2-9)11-5-6-17-12(11)14(16)19-8-10-3-4-10/h5-6,9-10H,1-4,7-8H2. The number of esters is 2. The summed E-state index contributed by atoms with van der Waals surface area (Å²) in [6, 6.07) is 1.45. The Hall–Kier alpha value is -1.78. The van der Waals surface area contributed by atoms with Gasteiger partial charge >= 0.3 is 11.9 Å². The molecule has 0 atom stereocenters. The van der Waals surface area contributed by atoms with Crippen LogP contribution in [0.15, 0.2) is 16.7 Å². The number of carbonyl (C=O) groups is 2. The third-order valence-corrected chi connectivity index (χ3v) is 3.36. The van der Waals surface area contributed by atoms with Crippen LogP contribution in [-0.4, -0.2) is 25.2 Å². The number of hydrogen-bond acceptors (Lipinski definition) is 5. The zero-order chi connectivity index (χ0) is 13.2. The minimum absolute atomic E-state index is 0.0542. The van der Waals surface area contributed by atoms with Crippen LogP contribution in [0.5, 0.6) is 0 Å². The first-order valence-electron chi connectivity index (χ1n) is 6.66. The summed E-state index contributed by atoms with van der Waals surface area (Å²) in [6.07, 6.45) is 5.72. The quantitative estimate of drug-likeness (QED) is 0.738. The van der Waals surface area contributed by atoms with Crippen molar-refractivity contribution in [3.05, 3.63) is 23.7 Å². The van der Waals surface area contributed by atoms with Crippen LogP contribution < -0.4 is 0 Å². The van der Waals surface area contributed by atoms with Crippen LogP contribution in [0.3, 0.4) is 0 Å². The van der Waals surface area contributed by atoms with Crippen molar-refractivity contribution in [3.8, 4) is 0 Å². The minimum atomic E-state index is -0.588. The van der Waals surface area contributed by atoms with Crippen LogP contribution in [0.2, 0.25) is 0 Å². The Balaban J connectivity index is 1.58. The molecule has 0 bridgehead atoms. The first kappa shape index (κ1) is 12.3. The molecule has 1 heterocycles. The van der Waals surface area contributed by atoms with Crippen LogP contribution in [0.4, 0.5) is 0 Å². The van der Waals surface area contributed by atoms with E-state index < -0.39 is 11.9 Å². The van der Waals surface area contributed by atoms with Gasteiger partial charge in [0, 0.05) is 0 Å². The highest BCUT2D eigenvalue weighted by Gasteiger charge is 2.28. The van der Waals surface area contributed by atoms with Gasteiger partial charge in [0.05, 0.1) is 19.5 Å². The van der Waals surface area contributed by atoms with Crippen molar-refractivity contribution in [2.24, 2.45) is 11.8 Å². The van der Waals surface area contributed by atoms with E-state index in [-0.39, 0.29) is 11.3 Å². The van der Waals surface area contributed by atoms with E-state index in [2.05, 4.69) is 0 Å². The average molecular weight is 264 g/mol. The Morgan fingerprint density at radius 1 is 1.05 bits per heavy atom. The second-order valence-corrected chi connectivity index (χ2v) is 5.25. The summed E-state index contributed by atoms with van der Waals surface area (Å²) in [4.78, 5) is 23.6. The molecule has 3 rings (SSSR count). The Labute approximate surface area is 110 Å². The fraction of sp³-hybridized carbons (Fsp3) is 0.571. The fourth-order valence-corrected chi connectivity index (χ4v) is 1.73. The largest absolute Gasteiger partial charge is 0.462 e. The number of furan rings is 1. The van der Waals surface area contributed by atoms with Gasteiger partial charge < -0.3 is 13.9 Å². The number of carbonyl (C=O) groups excluding carboxylic acids is 2. The lowest BCUT2D eigenvalue weighted by atomic mass is 10.2. The van der Waals surface area contributed by atoms with E-state index >= 15 is 0 Å². The Kier molecular flexibility index (Phi) is 3.27. The molecule has 0 radical (unpaired) electrons. The summed E-state index contributed by atoms with van der Waals surface area (Å²) in [5, 5.41) is 0. The maximum atomic E-state index is 11.8. The van der Waals surface area contributed by atoms with E-state index in [0.717, 1.165) is 25.7 Å². The van der Waals surface area contributed by atoms with Gasteiger partial charge in [-0.25, -0.2) is 9.59 Å². The summed E-state index contributed by atoms with van der Waals surface area (Å²) in [5.41, 5.74) is 0.154. The van der Waals surface area contributed by atoms with Crippen molar-refractivity contribution >= 4 is 11.9 Å². The van der Waals surface area contributed by atoms with Gasteiger partial charge in [-0.3, -0.25) is 0 Å². The molecule has 1 aromatic rings. The molecule has 2 aliphatic rings. The van der Waals surface area contributed by atoms with Crippen molar-refractivity contribution in [3.63, 3.8) is 0 Å². The Morgan fingerprint density at radius 2 is 1.63 bits per heavy atom. The molecule has 2 saturated carbocycles. The normalized spacial score (nSPS) is 18.1. The van der Waals surface area contributed by atoms with Gasteiger partial charge in [-0.15, -0.1) is 0 Å². The SMILES string of the molecule is O=C(OCC1CC1)c1ccoc1C(=O)OCC1CC1. The predicted molar refractivity (Wildman–Crippen MR) is 64.7 cm³/mol. The van der Waals surface area contributed by atoms with Crippen LogP contribution in [0.25, 0.3) is 0 Å². The summed E-state index contributed by atoms with van der Waals surface area (Å²) >= 11 is 0. The van der Waals surface area contributed by atoms with Gasteiger partial charge in [0.1, 0.15) is 5.56 Å². The molecule has 0 N–H and O–H groups in total. The summed E-state index contributed by atoms with van der Waals surface area (Å²) in [5.74, 6) is -0.193. The smallest absolute Gasteiger partial charge is 0.375 e. The molecule has 102 valence electrons. The predicted octanol–water partition coefficient (Wildman–Crippen LogP) is 2.41. The lowest BCUT2D eigenvalue weighted by Gasteiger charge is -2.04. The van der Waals surface area contributed by atoms with E-state index in [0.29, 0.717) is 25.0 Å². The minimum Gasteiger partial charge on any atom is -0.462 e. The molecular weight excluding hydrogens is 248 g/mol. The number of ether oxygens (including phenoxy) is 2. The molecule has 0 amide bonds. The maximum absolute atomic E-state index is 11.8. The molecule has 5 heteroatoms. The van der Waals surface area contributed by atoms with Gasteiger partial charge in [-0.1, -0.05) is 0 Å². The summed E-state index contributed by atoms with van der Waals surface area (Å²) < 4.78 is 15.3. The third kappa shape index (κ3) is 3.16. The summed E-state index contributed by atoms with van der Waals surface area (Å²) in [7, 11) is 0. The fourth-order valence-electron chi connectivity index (χ4n) is 1.73. The lowest BCUT2D eigenvalue weighted by Crippen LogP contribution is -2.14. The van der Waals surface area contributed by atoms with Crippen molar-refractivity contribution < 1.29 is 23.5 Å². The van der Waals surface area contributed by atoms with Crippen LogP contribution in [0, 0.1) is 11.8 Å². The zero-order valence-electron chi connectivity index (χ0n) is 10.6. The van der Waals surface area contributed by atoms with Crippen molar-refractivity contribution in [2.75, 3.05) is 13.2 Å². The molecule has 19 heavy (non-hydrogen) atoms. The van der Waals surface area contributed by atoms with E-state index in [1.807, 2.05) is 0 Å². The zero-order valence-corrected chi connectivity index (χ0v) is 10.6. The number of rotatable bonds is 6. The molecule has 0 aromatic carbocycles. The highest BCUT2D eigenvalue weighted by molar-refractivity contribution is 6.01. The number of hydrogen-bond donors (Lipinski definition) is 0. The molecule has 0 saturated heterocycles. The average Bonchev–Trinajstić information content (AvgIpc) is 3.32. The van der Waals surface area contributed by atoms with Gasteiger partial charge in [-0.05, 0) is 43.6 Å². The Morgan fingerprint density at radius 3 is 2.21 bits per heavy atom. The van der Waals surface area contributed by atoms with E-state index in [1.165, 1.54) is 12.3 Å². The second-order valence-electron chi connectivity index (χ2n) is 5.25. The molecule has 1 aromatic heterocycles. The van der Waals surface area contributed by atoms with E-state index in [9.17, 15) is 9.59 Å². The Bertz CT molecular complexity index is 439. The van der Waals surface area contributed by atoms with Crippen molar-refractivity contribution in [1.82, 2.24) is 0 Å². The lowest BCUT2D eigenvalue weighted by molar-refractivity contribution is 0.0412. The van der Waals surface area contributed by atoms with Crippen LogP contribution in [-0.2, 0) is 9.47 Å². The van der Waals surface area contributed by atoms with Gasteiger partial charge in [0.2, 0.25) is 5.76 Å². The first-order valence-corrected chi connectivity index (χ1v) is 6.66. The molecule has 0 unspecified atom stereocenters. The molecular formula is C14H16O5. The molecule has 0 aliphatic heterocycles. The third-order valence-electron chi connectivity index (χ3n) is 3.36. The van der Waals surface area contributed by atoms with Crippen LogP contribution in [0.1, 0.15) is 46.6 Å².